The largest absolute Gasteiger partial charge is 0.460 e. The van der Waals surface area contributed by atoms with E-state index >= 15 is 0 Å². The zero-order valence-corrected chi connectivity index (χ0v) is 11.0. The summed E-state index contributed by atoms with van der Waals surface area (Å²) in [5, 5.41) is 4.96. The van der Waals surface area contributed by atoms with Crippen LogP contribution in [-0.2, 0) is 6.54 Å². The minimum Gasteiger partial charge on any atom is -0.460 e. The normalized spacial score (nSPS) is 38.8. The number of hydrogen-bond donors (Lipinski definition) is 1. The van der Waals surface area contributed by atoms with Crippen molar-refractivity contribution >= 4 is 11.0 Å². The second-order valence-corrected chi connectivity index (χ2v) is 6.65. The van der Waals surface area contributed by atoms with Crippen molar-refractivity contribution in [2.24, 2.45) is 23.7 Å². The second kappa shape index (κ2) is 3.63. The first-order chi connectivity index (χ1) is 9.40. The molecule has 0 saturated heterocycles. The molecule has 0 radical (unpaired) electrons. The molecule has 0 aliphatic heterocycles. The van der Waals surface area contributed by atoms with Crippen molar-refractivity contribution in [2.75, 3.05) is 0 Å². The number of para-hydroxylation sites is 1. The molecule has 1 aromatic heterocycles. The molecule has 5 rings (SSSR count). The fraction of sp³-hybridized carbons (Fsp3) is 0.529. The average molecular weight is 253 g/mol. The van der Waals surface area contributed by atoms with Gasteiger partial charge in [0.2, 0.25) is 0 Å². The Labute approximate surface area is 113 Å². The molecule has 2 heteroatoms. The van der Waals surface area contributed by atoms with Gasteiger partial charge in [-0.05, 0) is 55.1 Å². The Morgan fingerprint density at radius 3 is 2.68 bits per heavy atom. The highest BCUT2D eigenvalue weighted by molar-refractivity contribution is 5.77. The quantitative estimate of drug-likeness (QED) is 0.904. The lowest BCUT2D eigenvalue weighted by molar-refractivity contribution is 0.439. The summed E-state index contributed by atoms with van der Waals surface area (Å²) in [6.07, 6.45) is 4.52. The van der Waals surface area contributed by atoms with Crippen molar-refractivity contribution in [3.63, 3.8) is 0 Å². The number of furan rings is 1. The number of rotatable bonds is 3. The maximum absolute atomic E-state index is 5.88. The number of nitrogens with one attached hydrogen (secondary N) is 1. The molecular formula is C17H19NO. The van der Waals surface area contributed by atoms with Crippen molar-refractivity contribution in [1.29, 1.82) is 0 Å². The number of fused-ring (bicyclic) bond motifs is 6. The van der Waals surface area contributed by atoms with Gasteiger partial charge in [-0.2, -0.15) is 0 Å². The maximum atomic E-state index is 5.88. The summed E-state index contributed by atoms with van der Waals surface area (Å²) in [5.74, 6) is 5.18. The van der Waals surface area contributed by atoms with Crippen LogP contribution >= 0.6 is 0 Å². The van der Waals surface area contributed by atoms with E-state index in [9.17, 15) is 0 Å². The molecule has 0 spiro atoms. The van der Waals surface area contributed by atoms with Crippen LogP contribution in [-0.4, -0.2) is 6.04 Å². The third-order valence-electron chi connectivity index (χ3n) is 5.72. The van der Waals surface area contributed by atoms with Gasteiger partial charge in [0, 0.05) is 11.4 Å². The van der Waals surface area contributed by atoms with Gasteiger partial charge in [0.15, 0.2) is 0 Å². The highest BCUT2D eigenvalue weighted by atomic mass is 16.3. The van der Waals surface area contributed by atoms with E-state index in [0.29, 0.717) is 0 Å². The van der Waals surface area contributed by atoms with Crippen LogP contribution < -0.4 is 5.32 Å². The molecule has 1 heterocycles. The fourth-order valence-corrected chi connectivity index (χ4v) is 4.94. The lowest BCUT2D eigenvalue weighted by Gasteiger charge is -2.09. The summed E-state index contributed by atoms with van der Waals surface area (Å²) in [4.78, 5) is 0. The van der Waals surface area contributed by atoms with Gasteiger partial charge in [-0.15, -0.1) is 0 Å². The monoisotopic (exact) mass is 253 g/mol. The second-order valence-electron chi connectivity index (χ2n) is 6.65. The van der Waals surface area contributed by atoms with Crippen LogP contribution in [0.4, 0.5) is 0 Å². The standard InChI is InChI=1S/C17H19NO/c1-2-4-14-10(3-1)8-13(19-14)9-18-17-15-11-5-6-12(7-11)16(15)17/h1-4,8,11-12,15-18H,5-7,9H2. The van der Waals surface area contributed by atoms with Crippen molar-refractivity contribution in [3.05, 3.63) is 36.1 Å². The van der Waals surface area contributed by atoms with E-state index < -0.39 is 0 Å². The van der Waals surface area contributed by atoms with Crippen molar-refractivity contribution in [3.8, 4) is 0 Å². The van der Waals surface area contributed by atoms with Gasteiger partial charge in [-0.1, -0.05) is 18.2 Å². The molecule has 1 aromatic carbocycles. The molecule has 4 unspecified atom stereocenters. The topological polar surface area (TPSA) is 25.2 Å². The van der Waals surface area contributed by atoms with E-state index in [1.807, 2.05) is 12.1 Å². The zero-order chi connectivity index (χ0) is 12.4. The van der Waals surface area contributed by atoms with Crippen LogP contribution in [0, 0.1) is 23.7 Å². The molecule has 98 valence electrons. The van der Waals surface area contributed by atoms with Gasteiger partial charge in [0.25, 0.3) is 0 Å². The first kappa shape index (κ1) is 10.5. The molecule has 4 atom stereocenters. The third kappa shape index (κ3) is 1.47. The number of benzene rings is 1. The smallest absolute Gasteiger partial charge is 0.134 e. The SMILES string of the molecule is c1ccc2oc(CNC3C4C5CCC(C5)C34)cc2c1. The van der Waals surface area contributed by atoms with Crippen LogP contribution in [0.2, 0.25) is 0 Å². The van der Waals surface area contributed by atoms with Crippen molar-refractivity contribution < 1.29 is 4.42 Å². The molecule has 3 saturated carbocycles. The van der Waals surface area contributed by atoms with Gasteiger partial charge in [-0.3, -0.25) is 0 Å². The lowest BCUT2D eigenvalue weighted by Crippen LogP contribution is -2.22. The van der Waals surface area contributed by atoms with E-state index in [1.54, 1.807) is 0 Å². The van der Waals surface area contributed by atoms with Crippen LogP contribution in [0.15, 0.2) is 34.7 Å². The highest BCUT2D eigenvalue weighted by Gasteiger charge is 2.64. The van der Waals surface area contributed by atoms with E-state index in [2.05, 4.69) is 23.5 Å². The molecule has 2 bridgehead atoms. The predicted octanol–water partition coefficient (Wildman–Crippen LogP) is 3.57. The molecule has 3 fully saturated rings. The van der Waals surface area contributed by atoms with E-state index in [-0.39, 0.29) is 0 Å². The molecule has 2 aromatic rings. The summed E-state index contributed by atoms with van der Waals surface area (Å²) < 4.78 is 5.88. The number of hydrogen-bond acceptors (Lipinski definition) is 2. The Kier molecular flexibility index (Phi) is 2.01. The Morgan fingerprint density at radius 1 is 1.11 bits per heavy atom. The van der Waals surface area contributed by atoms with E-state index in [1.165, 1.54) is 24.6 Å². The summed E-state index contributed by atoms with van der Waals surface area (Å²) in [6, 6.07) is 11.2. The van der Waals surface area contributed by atoms with Crippen molar-refractivity contribution in [1.82, 2.24) is 5.32 Å². The lowest BCUT2D eigenvalue weighted by atomic mass is 10.0. The molecule has 3 aliphatic rings. The Balaban J connectivity index is 1.29. The summed E-state index contributed by atoms with van der Waals surface area (Å²) in [7, 11) is 0. The van der Waals surface area contributed by atoms with Crippen molar-refractivity contribution in [2.45, 2.75) is 31.8 Å². The maximum Gasteiger partial charge on any atom is 0.134 e. The average Bonchev–Trinajstić information content (AvgIpc) is 2.84. The molecule has 1 N–H and O–H groups in total. The van der Waals surface area contributed by atoms with Crippen LogP contribution in [0.25, 0.3) is 11.0 Å². The molecular weight excluding hydrogens is 234 g/mol. The fourth-order valence-electron chi connectivity index (χ4n) is 4.94. The highest BCUT2D eigenvalue weighted by Crippen LogP contribution is 2.65. The molecule has 0 amide bonds. The summed E-state index contributed by atoms with van der Waals surface area (Å²) in [6.45, 7) is 0.895. The van der Waals surface area contributed by atoms with Gasteiger partial charge in [0.1, 0.15) is 11.3 Å². The van der Waals surface area contributed by atoms with Crippen LogP contribution in [0.1, 0.15) is 25.0 Å². The van der Waals surface area contributed by atoms with Gasteiger partial charge in [0.05, 0.1) is 6.54 Å². The van der Waals surface area contributed by atoms with Crippen LogP contribution in [0.5, 0.6) is 0 Å². The Morgan fingerprint density at radius 2 is 1.89 bits per heavy atom. The van der Waals surface area contributed by atoms with Crippen LogP contribution in [0.3, 0.4) is 0 Å². The molecule has 3 aliphatic carbocycles. The minimum absolute atomic E-state index is 0.791. The Hall–Kier alpha value is -1.28. The first-order valence-corrected chi connectivity index (χ1v) is 7.61. The zero-order valence-electron chi connectivity index (χ0n) is 11.0. The summed E-state index contributed by atoms with van der Waals surface area (Å²) >= 11 is 0. The molecule has 2 nitrogen and oxygen atoms in total. The molecule has 19 heavy (non-hydrogen) atoms. The first-order valence-electron chi connectivity index (χ1n) is 7.61. The van der Waals surface area contributed by atoms with E-state index in [0.717, 1.165) is 47.6 Å². The van der Waals surface area contributed by atoms with Gasteiger partial charge < -0.3 is 9.73 Å². The summed E-state index contributed by atoms with van der Waals surface area (Å²) in [5.41, 5.74) is 1.01. The predicted molar refractivity (Wildman–Crippen MR) is 74.7 cm³/mol. The third-order valence-corrected chi connectivity index (χ3v) is 5.72. The van der Waals surface area contributed by atoms with Gasteiger partial charge >= 0.3 is 0 Å². The minimum atomic E-state index is 0.791. The Bertz CT molecular complexity index is 582. The van der Waals surface area contributed by atoms with E-state index in [4.69, 9.17) is 4.42 Å². The van der Waals surface area contributed by atoms with Gasteiger partial charge in [-0.25, -0.2) is 0 Å².